The van der Waals surface area contributed by atoms with Gasteiger partial charge >= 0.3 is 0 Å². The number of carbonyl (C=O) groups excluding carboxylic acids is 1. The molecule has 0 heterocycles. The second kappa shape index (κ2) is 10.00. The summed E-state index contributed by atoms with van der Waals surface area (Å²) in [4.78, 5) is 14.6. The van der Waals surface area contributed by atoms with Crippen LogP contribution in [-0.2, 0) is 24.3 Å². The molecule has 1 N–H and O–H groups in total. The minimum absolute atomic E-state index is 0.110. The third kappa shape index (κ3) is 6.35. The van der Waals surface area contributed by atoms with Gasteiger partial charge in [-0.2, -0.15) is 0 Å². The molecule has 134 valence electrons. The zero-order valence-electron chi connectivity index (χ0n) is 15.7. The maximum absolute atomic E-state index is 12.2. The molecule has 0 bridgehead atoms. The Kier molecular flexibility index (Phi) is 7.68. The first-order valence-electron chi connectivity index (χ1n) is 9.23. The second-order valence-electron chi connectivity index (χ2n) is 6.50. The van der Waals surface area contributed by atoms with Crippen molar-refractivity contribution < 1.29 is 4.79 Å². The van der Waals surface area contributed by atoms with Crippen LogP contribution in [-0.4, -0.2) is 23.9 Å². The molecular formula is C22H30N2O. The Morgan fingerprint density at radius 1 is 1.00 bits per heavy atom. The summed E-state index contributed by atoms with van der Waals surface area (Å²) in [5.41, 5.74) is 4.96. The molecule has 0 aromatic heterocycles. The average Bonchev–Trinajstić information content (AvgIpc) is 2.63. The lowest BCUT2D eigenvalue weighted by Gasteiger charge is -2.20. The van der Waals surface area contributed by atoms with E-state index in [0.717, 1.165) is 26.1 Å². The maximum Gasteiger partial charge on any atom is 0.220 e. The van der Waals surface area contributed by atoms with Crippen LogP contribution >= 0.6 is 0 Å². The molecule has 0 spiro atoms. The number of carbonyl (C=O) groups is 1. The highest BCUT2D eigenvalue weighted by Crippen LogP contribution is 2.12. The summed E-state index contributed by atoms with van der Waals surface area (Å²) in [6.07, 6.45) is 1.32. The smallest absolute Gasteiger partial charge is 0.220 e. The molecule has 3 heteroatoms. The van der Waals surface area contributed by atoms with Crippen LogP contribution in [0.2, 0.25) is 0 Å². The normalized spacial score (nSPS) is 10.9. The van der Waals surface area contributed by atoms with E-state index in [2.05, 4.69) is 67.4 Å². The van der Waals surface area contributed by atoms with Gasteiger partial charge in [0.25, 0.3) is 0 Å². The van der Waals surface area contributed by atoms with Gasteiger partial charge in [0.1, 0.15) is 0 Å². The van der Waals surface area contributed by atoms with Gasteiger partial charge in [0.05, 0.1) is 0 Å². The van der Waals surface area contributed by atoms with Gasteiger partial charge in [-0.3, -0.25) is 9.69 Å². The van der Waals surface area contributed by atoms with Gasteiger partial charge in [-0.05, 0) is 43.1 Å². The van der Waals surface area contributed by atoms with Gasteiger partial charge in [-0.25, -0.2) is 0 Å². The van der Waals surface area contributed by atoms with E-state index in [0.29, 0.717) is 13.0 Å². The molecule has 3 nitrogen and oxygen atoms in total. The van der Waals surface area contributed by atoms with Crippen molar-refractivity contribution in [2.75, 3.05) is 13.1 Å². The molecule has 0 saturated carbocycles. The van der Waals surface area contributed by atoms with E-state index in [1.807, 2.05) is 12.1 Å². The Balaban J connectivity index is 1.87. The lowest BCUT2D eigenvalue weighted by Crippen LogP contribution is -2.26. The summed E-state index contributed by atoms with van der Waals surface area (Å²) >= 11 is 0. The summed E-state index contributed by atoms with van der Waals surface area (Å²) in [7, 11) is 0. The van der Waals surface area contributed by atoms with E-state index in [9.17, 15) is 4.79 Å². The predicted molar refractivity (Wildman–Crippen MR) is 104 cm³/mol. The molecule has 0 aliphatic heterocycles. The van der Waals surface area contributed by atoms with Crippen molar-refractivity contribution in [2.24, 2.45) is 0 Å². The Hall–Kier alpha value is -2.13. The van der Waals surface area contributed by atoms with Crippen molar-refractivity contribution in [1.82, 2.24) is 10.2 Å². The van der Waals surface area contributed by atoms with Crippen LogP contribution in [0.4, 0.5) is 0 Å². The number of rotatable bonds is 9. The van der Waals surface area contributed by atoms with E-state index in [1.165, 1.54) is 22.3 Å². The van der Waals surface area contributed by atoms with Crippen LogP contribution in [0.5, 0.6) is 0 Å². The highest BCUT2D eigenvalue weighted by atomic mass is 16.1. The minimum atomic E-state index is 0.110. The van der Waals surface area contributed by atoms with Gasteiger partial charge in [0.15, 0.2) is 0 Å². The number of benzene rings is 2. The van der Waals surface area contributed by atoms with Crippen molar-refractivity contribution in [3.8, 4) is 0 Å². The van der Waals surface area contributed by atoms with Crippen molar-refractivity contribution in [2.45, 2.75) is 46.7 Å². The lowest BCUT2D eigenvalue weighted by atomic mass is 10.1. The number of hydrogen-bond acceptors (Lipinski definition) is 2. The van der Waals surface area contributed by atoms with Gasteiger partial charge in [0.2, 0.25) is 5.91 Å². The third-order valence-electron chi connectivity index (χ3n) is 4.61. The molecular weight excluding hydrogens is 308 g/mol. The largest absolute Gasteiger partial charge is 0.352 e. The maximum atomic E-state index is 12.2. The fourth-order valence-electron chi connectivity index (χ4n) is 2.98. The molecule has 0 unspecified atom stereocenters. The Labute approximate surface area is 152 Å². The van der Waals surface area contributed by atoms with Gasteiger partial charge < -0.3 is 5.32 Å². The molecule has 1 amide bonds. The molecule has 2 rings (SSSR count). The third-order valence-corrected chi connectivity index (χ3v) is 4.61. The minimum Gasteiger partial charge on any atom is -0.352 e. The van der Waals surface area contributed by atoms with Gasteiger partial charge in [0, 0.05) is 19.5 Å². The first-order valence-corrected chi connectivity index (χ1v) is 9.23. The van der Waals surface area contributed by atoms with E-state index in [-0.39, 0.29) is 5.91 Å². The van der Waals surface area contributed by atoms with Crippen LogP contribution in [0, 0.1) is 6.92 Å². The molecule has 2 aromatic rings. The summed E-state index contributed by atoms with van der Waals surface area (Å²) in [5.74, 6) is 0.110. The van der Waals surface area contributed by atoms with E-state index >= 15 is 0 Å². The van der Waals surface area contributed by atoms with Crippen molar-refractivity contribution >= 4 is 5.91 Å². The zero-order valence-corrected chi connectivity index (χ0v) is 15.7. The SMILES string of the molecule is CCN(CC)Cc1ccccc1CNC(=O)CCc1cccc(C)c1. The molecule has 0 saturated heterocycles. The summed E-state index contributed by atoms with van der Waals surface area (Å²) in [5, 5.41) is 3.08. The number of nitrogens with one attached hydrogen (secondary N) is 1. The summed E-state index contributed by atoms with van der Waals surface area (Å²) < 4.78 is 0. The average molecular weight is 338 g/mol. The number of nitrogens with zero attached hydrogens (tertiary/aromatic N) is 1. The van der Waals surface area contributed by atoms with Crippen molar-refractivity contribution in [1.29, 1.82) is 0 Å². The molecule has 25 heavy (non-hydrogen) atoms. The summed E-state index contributed by atoms with van der Waals surface area (Å²) in [6, 6.07) is 16.7. The topological polar surface area (TPSA) is 32.3 Å². The standard InChI is InChI=1S/C22H30N2O/c1-4-24(5-2)17-21-12-7-6-11-20(21)16-23-22(25)14-13-19-10-8-9-18(3)15-19/h6-12,15H,4-5,13-14,16-17H2,1-3H3,(H,23,25). The van der Waals surface area contributed by atoms with E-state index < -0.39 is 0 Å². The fraction of sp³-hybridized carbons (Fsp3) is 0.409. The highest BCUT2D eigenvalue weighted by Gasteiger charge is 2.08. The Bertz CT molecular complexity index is 677. The monoisotopic (exact) mass is 338 g/mol. The van der Waals surface area contributed by atoms with E-state index in [1.54, 1.807) is 0 Å². The number of aryl methyl sites for hydroxylation is 2. The predicted octanol–water partition coefficient (Wildman–Crippen LogP) is 4.09. The molecule has 0 fully saturated rings. The quantitative estimate of drug-likeness (QED) is 0.747. The first kappa shape index (κ1) is 19.2. The Morgan fingerprint density at radius 2 is 1.72 bits per heavy atom. The lowest BCUT2D eigenvalue weighted by molar-refractivity contribution is -0.121. The first-order chi connectivity index (χ1) is 12.1. The molecule has 0 radical (unpaired) electrons. The Morgan fingerprint density at radius 3 is 2.40 bits per heavy atom. The van der Waals surface area contributed by atoms with Gasteiger partial charge in [-0.15, -0.1) is 0 Å². The number of hydrogen-bond donors (Lipinski definition) is 1. The van der Waals surface area contributed by atoms with Crippen LogP contribution in [0.15, 0.2) is 48.5 Å². The molecule has 0 atom stereocenters. The summed E-state index contributed by atoms with van der Waals surface area (Å²) in [6.45, 7) is 10.0. The van der Waals surface area contributed by atoms with Crippen molar-refractivity contribution in [3.05, 3.63) is 70.8 Å². The van der Waals surface area contributed by atoms with Crippen molar-refractivity contribution in [3.63, 3.8) is 0 Å². The highest BCUT2D eigenvalue weighted by molar-refractivity contribution is 5.76. The van der Waals surface area contributed by atoms with Gasteiger partial charge in [-0.1, -0.05) is 67.9 Å². The second-order valence-corrected chi connectivity index (χ2v) is 6.50. The molecule has 0 aliphatic carbocycles. The molecule has 0 aliphatic rings. The van der Waals surface area contributed by atoms with E-state index in [4.69, 9.17) is 0 Å². The molecule has 2 aromatic carbocycles. The fourth-order valence-corrected chi connectivity index (χ4v) is 2.98. The van der Waals surface area contributed by atoms with Crippen LogP contribution in [0.25, 0.3) is 0 Å². The van der Waals surface area contributed by atoms with Crippen LogP contribution in [0.3, 0.4) is 0 Å². The van der Waals surface area contributed by atoms with Crippen LogP contribution in [0.1, 0.15) is 42.5 Å². The number of amides is 1. The zero-order chi connectivity index (χ0) is 18.1. The van der Waals surface area contributed by atoms with Crippen LogP contribution < -0.4 is 5.32 Å².